The Hall–Kier alpha value is -1.30. The molecule has 0 aromatic carbocycles. The lowest BCUT2D eigenvalue weighted by atomic mass is 10.2. The van der Waals surface area contributed by atoms with E-state index in [-0.39, 0.29) is 0 Å². The molecule has 2 atom stereocenters. The molecule has 0 aliphatic carbocycles. The Morgan fingerprint density at radius 1 is 1.64 bits per heavy atom. The summed E-state index contributed by atoms with van der Waals surface area (Å²) in [4.78, 5) is 12.2. The molecule has 11 heavy (non-hydrogen) atoms. The summed E-state index contributed by atoms with van der Waals surface area (Å²) in [5.41, 5.74) is 7.75. The minimum Gasteiger partial charge on any atom is -0.479 e. The van der Waals surface area contributed by atoms with E-state index in [2.05, 4.69) is 10.0 Å². The number of hydrogen-bond donors (Lipinski definition) is 3. The third kappa shape index (κ3) is 3.41. The fraction of sp³-hybridized carbons (Fsp3) is 0.750. The molecule has 0 rings (SSSR count). The molecular weight excluding hydrogens is 154 g/mol. The molecule has 7 nitrogen and oxygen atoms in total. The molecule has 0 amide bonds. The molecular formula is C4H7N3O4. The number of nitrogens with zero attached hydrogens (tertiary/aromatic N) is 3. The summed E-state index contributed by atoms with van der Waals surface area (Å²) in [5.74, 6) is -1.55. The van der Waals surface area contributed by atoms with Gasteiger partial charge in [-0.25, -0.2) is 4.79 Å². The number of aliphatic hydroxyl groups excluding tert-OH is 2. The highest BCUT2D eigenvalue weighted by atomic mass is 16.4. The van der Waals surface area contributed by atoms with E-state index in [0.29, 0.717) is 0 Å². The summed E-state index contributed by atoms with van der Waals surface area (Å²) in [6.45, 7) is -0.454. The number of azide groups is 1. The van der Waals surface area contributed by atoms with Crippen molar-refractivity contribution in [3.05, 3.63) is 10.4 Å². The lowest BCUT2D eigenvalue weighted by Crippen LogP contribution is -2.35. The first-order valence-electron chi connectivity index (χ1n) is 2.69. The Kier molecular flexibility index (Phi) is 3.97. The number of aliphatic hydroxyl groups is 2. The molecule has 0 radical (unpaired) electrons. The van der Waals surface area contributed by atoms with Crippen LogP contribution in [0.4, 0.5) is 0 Å². The zero-order valence-corrected chi connectivity index (χ0v) is 5.45. The van der Waals surface area contributed by atoms with E-state index >= 15 is 0 Å². The van der Waals surface area contributed by atoms with Crippen LogP contribution in [-0.4, -0.2) is 40.0 Å². The third-order valence-corrected chi connectivity index (χ3v) is 0.949. The lowest BCUT2D eigenvalue weighted by molar-refractivity contribution is -0.152. The van der Waals surface area contributed by atoms with Gasteiger partial charge in [0.1, 0.15) is 0 Å². The van der Waals surface area contributed by atoms with Crippen LogP contribution in [0.3, 0.4) is 0 Å². The SMILES string of the molecule is [N-]=[N+]=NCC(O)[C@H](O)C(=O)O. The fourth-order valence-electron chi connectivity index (χ4n) is 0.385. The van der Waals surface area contributed by atoms with Crippen molar-refractivity contribution in [1.82, 2.24) is 0 Å². The van der Waals surface area contributed by atoms with E-state index in [1.165, 1.54) is 0 Å². The molecule has 0 spiro atoms. The summed E-state index contributed by atoms with van der Waals surface area (Å²) in [6.07, 6.45) is -3.45. The summed E-state index contributed by atoms with van der Waals surface area (Å²) in [7, 11) is 0. The van der Waals surface area contributed by atoms with Gasteiger partial charge in [0.15, 0.2) is 6.10 Å². The zero-order valence-electron chi connectivity index (χ0n) is 5.45. The van der Waals surface area contributed by atoms with E-state index in [1.807, 2.05) is 0 Å². The standard InChI is InChI=1S/C4H7N3O4/c5-7-6-1-2(8)3(9)4(10)11/h2-3,8-9H,1H2,(H,10,11)/t2?,3-/m0/s1. The third-order valence-electron chi connectivity index (χ3n) is 0.949. The number of carboxylic acid groups (broad SMARTS) is 1. The van der Waals surface area contributed by atoms with Crippen LogP contribution in [0.15, 0.2) is 5.11 Å². The van der Waals surface area contributed by atoms with Crippen molar-refractivity contribution in [1.29, 1.82) is 0 Å². The highest BCUT2D eigenvalue weighted by Gasteiger charge is 2.22. The quantitative estimate of drug-likeness (QED) is 0.280. The van der Waals surface area contributed by atoms with Gasteiger partial charge in [0, 0.05) is 4.91 Å². The summed E-state index contributed by atoms with van der Waals surface area (Å²) >= 11 is 0. The van der Waals surface area contributed by atoms with E-state index in [4.69, 9.17) is 20.9 Å². The molecule has 1 unspecified atom stereocenters. The van der Waals surface area contributed by atoms with Crippen LogP contribution in [0, 0.1) is 0 Å². The Balaban J connectivity index is 3.91. The second-order valence-corrected chi connectivity index (χ2v) is 1.76. The first kappa shape index (κ1) is 9.70. The molecule has 0 saturated carbocycles. The summed E-state index contributed by atoms with van der Waals surface area (Å²) in [6, 6.07) is 0. The van der Waals surface area contributed by atoms with Gasteiger partial charge in [-0.3, -0.25) is 0 Å². The van der Waals surface area contributed by atoms with Gasteiger partial charge in [-0.05, 0) is 5.53 Å². The van der Waals surface area contributed by atoms with Crippen molar-refractivity contribution in [2.24, 2.45) is 5.11 Å². The van der Waals surface area contributed by atoms with Crippen molar-refractivity contribution in [2.45, 2.75) is 12.2 Å². The van der Waals surface area contributed by atoms with Crippen LogP contribution in [0.25, 0.3) is 10.4 Å². The van der Waals surface area contributed by atoms with Crippen molar-refractivity contribution < 1.29 is 20.1 Å². The molecule has 0 aliphatic heterocycles. The van der Waals surface area contributed by atoms with Crippen LogP contribution in [-0.2, 0) is 4.79 Å². The van der Waals surface area contributed by atoms with E-state index in [1.54, 1.807) is 0 Å². The average molecular weight is 161 g/mol. The number of rotatable bonds is 4. The first-order valence-corrected chi connectivity index (χ1v) is 2.69. The molecule has 3 N–H and O–H groups in total. The number of carbonyl (C=O) groups is 1. The molecule has 0 aliphatic rings. The molecule has 0 aromatic heterocycles. The van der Waals surface area contributed by atoms with Crippen LogP contribution < -0.4 is 0 Å². The molecule has 0 fully saturated rings. The predicted molar refractivity (Wildman–Crippen MR) is 33.7 cm³/mol. The van der Waals surface area contributed by atoms with Crippen molar-refractivity contribution in [3.63, 3.8) is 0 Å². The van der Waals surface area contributed by atoms with E-state index in [0.717, 1.165) is 0 Å². The number of hydrogen-bond acceptors (Lipinski definition) is 4. The van der Waals surface area contributed by atoms with Crippen LogP contribution in [0.1, 0.15) is 0 Å². The molecule has 7 heteroatoms. The highest BCUT2D eigenvalue weighted by Crippen LogP contribution is 1.94. The van der Waals surface area contributed by atoms with Gasteiger partial charge >= 0.3 is 5.97 Å². The van der Waals surface area contributed by atoms with Crippen molar-refractivity contribution in [2.75, 3.05) is 6.54 Å². The van der Waals surface area contributed by atoms with Gasteiger partial charge in [0.2, 0.25) is 0 Å². The Labute approximate surface area is 61.5 Å². The van der Waals surface area contributed by atoms with Gasteiger partial charge in [0.05, 0.1) is 12.6 Å². The normalized spacial score (nSPS) is 14.7. The average Bonchev–Trinajstić information content (AvgIpc) is 1.98. The smallest absolute Gasteiger partial charge is 0.335 e. The van der Waals surface area contributed by atoms with Crippen LogP contribution in [0.5, 0.6) is 0 Å². The number of aliphatic carboxylic acids is 1. The van der Waals surface area contributed by atoms with E-state index in [9.17, 15) is 4.79 Å². The highest BCUT2D eigenvalue weighted by molar-refractivity contribution is 5.72. The number of carboxylic acids is 1. The first-order chi connectivity index (χ1) is 5.09. The van der Waals surface area contributed by atoms with Gasteiger partial charge in [-0.2, -0.15) is 0 Å². The Morgan fingerprint density at radius 3 is 2.55 bits per heavy atom. The fourth-order valence-corrected chi connectivity index (χ4v) is 0.385. The Morgan fingerprint density at radius 2 is 2.18 bits per heavy atom. The Bertz CT molecular complexity index is 188. The van der Waals surface area contributed by atoms with Crippen molar-refractivity contribution in [3.8, 4) is 0 Å². The van der Waals surface area contributed by atoms with Gasteiger partial charge in [0.25, 0.3) is 0 Å². The maximum atomic E-state index is 9.96. The van der Waals surface area contributed by atoms with Crippen LogP contribution in [0.2, 0.25) is 0 Å². The molecule has 0 heterocycles. The van der Waals surface area contributed by atoms with Crippen molar-refractivity contribution >= 4 is 5.97 Å². The maximum Gasteiger partial charge on any atom is 0.335 e. The second kappa shape index (κ2) is 4.51. The monoisotopic (exact) mass is 161 g/mol. The second-order valence-electron chi connectivity index (χ2n) is 1.76. The largest absolute Gasteiger partial charge is 0.479 e. The summed E-state index contributed by atoms with van der Waals surface area (Å²) in [5, 5.41) is 28.3. The minimum atomic E-state index is -1.90. The minimum absolute atomic E-state index is 0.454. The zero-order chi connectivity index (χ0) is 8.85. The van der Waals surface area contributed by atoms with E-state index < -0.39 is 24.7 Å². The van der Waals surface area contributed by atoms with Gasteiger partial charge in [-0.1, -0.05) is 5.11 Å². The molecule has 62 valence electrons. The van der Waals surface area contributed by atoms with Gasteiger partial charge in [-0.15, -0.1) is 0 Å². The molecule has 0 bridgehead atoms. The topological polar surface area (TPSA) is 127 Å². The molecule has 0 saturated heterocycles. The predicted octanol–water partition coefficient (Wildman–Crippen LogP) is -0.897. The lowest BCUT2D eigenvalue weighted by Gasteiger charge is -2.09. The van der Waals surface area contributed by atoms with Gasteiger partial charge < -0.3 is 15.3 Å². The maximum absolute atomic E-state index is 9.96. The molecule has 0 aromatic rings. The van der Waals surface area contributed by atoms with Crippen LogP contribution >= 0.6 is 0 Å². The summed E-state index contributed by atoms with van der Waals surface area (Å²) < 4.78 is 0.